The molecule has 1 unspecified atom stereocenters. The summed E-state index contributed by atoms with van der Waals surface area (Å²) in [4.78, 5) is 2.30. The van der Waals surface area contributed by atoms with E-state index in [9.17, 15) is 0 Å². The smallest absolute Gasteiger partial charge is 0.159 e. The molecule has 19 heavy (non-hydrogen) atoms. The van der Waals surface area contributed by atoms with Crippen LogP contribution in [0.25, 0.3) is 10.8 Å². The molecule has 0 amide bonds. The van der Waals surface area contributed by atoms with Gasteiger partial charge in [-0.25, -0.2) is 0 Å². The second-order valence-electron chi connectivity index (χ2n) is 5.10. The molecule has 0 saturated carbocycles. The molecule has 0 spiro atoms. The van der Waals surface area contributed by atoms with Crippen LogP contribution in [0.2, 0.25) is 0 Å². The SMILES string of the molecule is COC1CCCN(c2nnc(C)c3ccccc23)C1. The monoisotopic (exact) mass is 257 g/mol. The van der Waals surface area contributed by atoms with Gasteiger partial charge in [0.2, 0.25) is 0 Å². The van der Waals surface area contributed by atoms with E-state index in [2.05, 4.69) is 39.4 Å². The molecule has 0 aliphatic carbocycles. The predicted molar refractivity (Wildman–Crippen MR) is 76.5 cm³/mol. The molecule has 1 aromatic heterocycles. The van der Waals surface area contributed by atoms with Crippen LogP contribution in [0.15, 0.2) is 24.3 Å². The van der Waals surface area contributed by atoms with Crippen LogP contribution in [0.3, 0.4) is 0 Å². The topological polar surface area (TPSA) is 38.2 Å². The molecule has 1 aliphatic rings. The van der Waals surface area contributed by atoms with Gasteiger partial charge in [-0.15, -0.1) is 5.10 Å². The molecule has 3 rings (SSSR count). The molecule has 1 fully saturated rings. The number of hydrogen-bond acceptors (Lipinski definition) is 4. The van der Waals surface area contributed by atoms with Gasteiger partial charge < -0.3 is 9.64 Å². The fraction of sp³-hybridized carbons (Fsp3) is 0.467. The Morgan fingerprint density at radius 3 is 2.79 bits per heavy atom. The van der Waals surface area contributed by atoms with Crippen molar-refractivity contribution in [1.82, 2.24) is 10.2 Å². The molecule has 4 heteroatoms. The van der Waals surface area contributed by atoms with E-state index in [-0.39, 0.29) is 0 Å². The second kappa shape index (κ2) is 5.13. The summed E-state index contributed by atoms with van der Waals surface area (Å²) in [6.07, 6.45) is 2.57. The van der Waals surface area contributed by atoms with E-state index in [1.54, 1.807) is 7.11 Å². The maximum Gasteiger partial charge on any atom is 0.159 e. The first-order valence-corrected chi connectivity index (χ1v) is 6.79. The minimum atomic E-state index is 0.301. The zero-order chi connectivity index (χ0) is 13.2. The second-order valence-corrected chi connectivity index (χ2v) is 5.10. The van der Waals surface area contributed by atoms with E-state index in [1.165, 1.54) is 10.8 Å². The average molecular weight is 257 g/mol. The van der Waals surface area contributed by atoms with Crippen molar-refractivity contribution in [3.05, 3.63) is 30.0 Å². The van der Waals surface area contributed by atoms with Crippen LogP contribution < -0.4 is 4.90 Å². The lowest BCUT2D eigenvalue weighted by Crippen LogP contribution is -2.39. The summed E-state index contributed by atoms with van der Waals surface area (Å²) in [5.41, 5.74) is 0.986. The summed E-state index contributed by atoms with van der Waals surface area (Å²) >= 11 is 0. The van der Waals surface area contributed by atoms with E-state index in [0.717, 1.165) is 37.4 Å². The molecular formula is C15H19N3O. The Bertz CT molecular complexity index is 585. The van der Waals surface area contributed by atoms with Crippen LogP contribution in [0.1, 0.15) is 18.5 Å². The molecule has 1 aromatic carbocycles. The molecule has 1 atom stereocenters. The molecule has 1 saturated heterocycles. The molecule has 1 aliphatic heterocycles. The first kappa shape index (κ1) is 12.4. The summed E-state index contributed by atoms with van der Waals surface area (Å²) < 4.78 is 5.49. The normalized spacial score (nSPS) is 19.9. The molecule has 0 radical (unpaired) electrons. The highest BCUT2D eigenvalue weighted by molar-refractivity contribution is 5.93. The largest absolute Gasteiger partial charge is 0.380 e. The number of piperidine rings is 1. The summed E-state index contributed by atoms with van der Waals surface area (Å²) in [5.74, 6) is 0.989. The number of ether oxygens (including phenoxy) is 1. The summed E-state index contributed by atoms with van der Waals surface area (Å²) in [7, 11) is 1.78. The number of anilines is 1. The molecule has 0 N–H and O–H groups in total. The average Bonchev–Trinajstić information content (AvgIpc) is 2.48. The van der Waals surface area contributed by atoms with Gasteiger partial charge in [0.15, 0.2) is 5.82 Å². The van der Waals surface area contributed by atoms with Crippen molar-refractivity contribution in [2.75, 3.05) is 25.1 Å². The van der Waals surface area contributed by atoms with Gasteiger partial charge in [0.25, 0.3) is 0 Å². The first-order chi connectivity index (χ1) is 9.29. The number of benzene rings is 1. The summed E-state index contributed by atoms with van der Waals surface area (Å²) in [6, 6.07) is 8.35. The van der Waals surface area contributed by atoms with E-state index in [1.807, 2.05) is 6.92 Å². The van der Waals surface area contributed by atoms with Crippen LogP contribution in [0.5, 0.6) is 0 Å². The van der Waals surface area contributed by atoms with Crippen molar-refractivity contribution in [3.63, 3.8) is 0 Å². The Balaban J connectivity index is 2.03. The Morgan fingerprint density at radius 1 is 1.21 bits per heavy atom. The fourth-order valence-electron chi connectivity index (χ4n) is 2.78. The highest BCUT2D eigenvalue weighted by atomic mass is 16.5. The molecule has 0 bridgehead atoms. The van der Waals surface area contributed by atoms with E-state index in [0.29, 0.717) is 6.10 Å². The maximum absolute atomic E-state index is 5.49. The fourth-order valence-corrected chi connectivity index (χ4v) is 2.78. The Kier molecular flexibility index (Phi) is 3.34. The van der Waals surface area contributed by atoms with Crippen LogP contribution in [-0.4, -0.2) is 36.5 Å². The first-order valence-electron chi connectivity index (χ1n) is 6.79. The lowest BCUT2D eigenvalue weighted by molar-refractivity contribution is 0.0892. The quantitative estimate of drug-likeness (QED) is 0.828. The van der Waals surface area contributed by atoms with E-state index >= 15 is 0 Å². The lowest BCUT2D eigenvalue weighted by atomic mass is 10.1. The zero-order valence-electron chi connectivity index (χ0n) is 11.5. The number of rotatable bonds is 2. The van der Waals surface area contributed by atoms with Crippen molar-refractivity contribution >= 4 is 16.6 Å². The zero-order valence-corrected chi connectivity index (χ0v) is 11.5. The Morgan fingerprint density at radius 2 is 2.00 bits per heavy atom. The number of fused-ring (bicyclic) bond motifs is 1. The summed E-state index contributed by atoms with van der Waals surface area (Å²) in [6.45, 7) is 3.94. The van der Waals surface area contributed by atoms with Crippen LogP contribution >= 0.6 is 0 Å². The maximum atomic E-state index is 5.49. The van der Waals surface area contributed by atoms with Crippen molar-refractivity contribution < 1.29 is 4.74 Å². The van der Waals surface area contributed by atoms with Gasteiger partial charge >= 0.3 is 0 Å². The Hall–Kier alpha value is -1.68. The van der Waals surface area contributed by atoms with Crippen LogP contribution in [0, 0.1) is 6.92 Å². The highest BCUT2D eigenvalue weighted by Crippen LogP contribution is 2.27. The van der Waals surface area contributed by atoms with E-state index < -0.39 is 0 Å². The summed E-state index contributed by atoms with van der Waals surface area (Å²) in [5, 5.41) is 11.1. The predicted octanol–water partition coefficient (Wildman–Crippen LogP) is 2.55. The number of methoxy groups -OCH3 is 1. The van der Waals surface area contributed by atoms with Gasteiger partial charge in [-0.2, -0.15) is 5.10 Å². The molecular weight excluding hydrogens is 238 g/mol. The van der Waals surface area contributed by atoms with Crippen molar-refractivity contribution in [1.29, 1.82) is 0 Å². The minimum Gasteiger partial charge on any atom is -0.380 e. The van der Waals surface area contributed by atoms with Crippen molar-refractivity contribution in [2.45, 2.75) is 25.9 Å². The highest BCUT2D eigenvalue weighted by Gasteiger charge is 2.22. The number of nitrogens with zero attached hydrogens (tertiary/aromatic N) is 3. The van der Waals surface area contributed by atoms with Crippen LogP contribution in [0.4, 0.5) is 5.82 Å². The Labute approximate surface area is 113 Å². The molecule has 2 aromatic rings. The van der Waals surface area contributed by atoms with Gasteiger partial charge in [-0.3, -0.25) is 0 Å². The van der Waals surface area contributed by atoms with Gasteiger partial charge in [0.05, 0.1) is 11.8 Å². The standard InChI is InChI=1S/C15H19N3O/c1-11-13-7-3-4-8-14(13)15(17-16-11)18-9-5-6-12(10-18)19-2/h3-4,7-8,12H,5-6,9-10H2,1-2H3. The van der Waals surface area contributed by atoms with Crippen molar-refractivity contribution in [3.8, 4) is 0 Å². The number of aryl methyl sites for hydroxylation is 1. The third-order valence-corrected chi connectivity index (χ3v) is 3.86. The van der Waals surface area contributed by atoms with Gasteiger partial charge in [-0.1, -0.05) is 24.3 Å². The third-order valence-electron chi connectivity index (χ3n) is 3.86. The third kappa shape index (κ3) is 2.28. The van der Waals surface area contributed by atoms with E-state index in [4.69, 9.17) is 4.74 Å². The van der Waals surface area contributed by atoms with Gasteiger partial charge in [0.1, 0.15) is 0 Å². The van der Waals surface area contributed by atoms with Crippen LogP contribution in [-0.2, 0) is 4.74 Å². The van der Waals surface area contributed by atoms with Crippen molar-refractivity contribution in [2.24, 2.45) is 0 Å². The molecule has 2 heterocycles. The lowest BCUT2D eigenvalue weighted by Gasteiger charge is -2.33. The molecule has 4 nitrogen and oxygen atoms in total. The number of aromatic nitrogens is 2. The number of hydrogen-bond donors (Lipinski definition) is 0. The van der Waals surface area contributed by atoms with Gasteiger partial charge in [-0.05, 0) is 19.8 Å². The molecule has 100 valence electrons. The van der Waals surface area contributed by atoms with Gasteiger partial charge in [0, 0.05) is 31.0 Å². The minimum absolute atomic E-state index is 0.301.